The molecule has 29 heavy (non-hydrogen) atoms. The molecule has 0 radical (unpaired) electrons. The van der Waals surface area contributed by atoms with Crippen LogP contribution in [0.5, 0.6) is 0 Å². The fourth-order valence-corrected chi connectivity index (χ4v) is 3.46. The maximum absolute atomic E-state index is 7.35. The van der Waals surface area contributed by atoms with Crippen molar-refractivity contribution < 1.29 is 0 Å². The van der Waals surface area contributed by atoms with Crippen LogP contribution < -0.4 is 5.73 Å². The molecule has 6 heteroatoms. The molecule has 0 unspecified atom stereocenters. The highest BCUT2D eigenvalue weighted by atomic mass is 32.2. The normalized spacial score (nSPS) is 10.6. The lowest BCUT2D eigenvalue weighted by atomic mass is 10.0. The van der Waals surface area contributed by atoms with Gasteiger partial charge in [0.15, 0.2) is 5.17 Å². The minimum atomic E-state index is 0.128. The number of rotatable bonds is 5. The van der Waals surface area contributed by atoms with Gasteiger partial charge in [0, 0.05) is 18.1 Å². The van der Waals surface area contributed by atoms with Gasteiger partial charge in [0.25, 0.3) is 0 Å². The lowest BCUT2D eigenvalue weighted by Crippen LogP contribution is -2.03. The maximum atomic E-state index is 7.35. The molecular weight excluding hydrogens is 378 g/mol. The van der Waals surface area contributed by atoms with Crippen LogP contribution in [0.1, 0.15) is 5.56 Å². The van der Waals surface area contributed by atoms with Gasteiger partial charge in [-0.1, -0.05) is 48.2 Å². The Kier molecular flexibility index (Phi) is 5.63. The average Bonchev–Trinajstić information content (AvgIpc) is 2.79. The van der Waals surface area contributed by atoms with E-state index >= 15 is 0 Å². The molecule has 0 saturated heterocycles. The van der Waals surface area contributed by atoms with Crippen molar-refractivity contribution in [1.82, 2.24) is 15.0 Å². The average molecular weight is 398 g/mol. The van der Waals surface area contributed by atoms with Crippen LogP contribution in [0.15, 0.2) is 85.2 Å². The van der Waals surface area contributed by atoms with E-state index in [-0.39, 0.29) is 5.17 Å². The summed E-state index contributed by atoms with van der Waals surface area (Å²) in [7, 11) is 0. The number of nitrogens with zero attached hydrogens (tertiary/aromatic N) is 3. The van der Waals surface area contributed by atoms with E-state index in [2.05, 4.69) is 34.2 Å². The van der Waals surface area contributed by atoms with Crippen LogP contribution in [-0.2, 0) is 5.75 Å². The third-order valence-electron chi connectivity index (χ3n) is 4.36. The van der Waals surface area contributed by atoms with Crippen LogP contribution >= 0.6 is 11.8 Å². The zero-order valence-corrected chi connectivity index (χ0v) is 16.4. The molecule has 4 rings (SSSR count). The summed E-state index contributed by atoms with van der Waals surface area (Å²) in [6.07, 6.45) is 3.54. The summed E-state index contributed by atoms with van der Waals surface area (Å²) < 4.78 is 0. The Bertz CT molecular complexity index is 1060. The SMILES string of the molecule is N=C(N)SCc1ccc(-c2cc(-c3ccccn3)nc(-c3ccccn3)c2)cc1. The van der Waals surface area contributed by atoms with Gasteiger partial charge in [0.05, 0.1) is 22.8 Å². The zero-order chi connectivity index (χ0) is 20.1. The predicted molar refractivity (Wildman–Crippen MR) is 119 cm³/mol. The van der Waals surface area contributed by atoms with Crippen LogP contribution in [0.25, 0.3) is 33.9 Å². The van der Waals surface area contributed by atoms with Crippen LogP contribution in [-0.4, -0.2) is 20.1 Å². The van der Waals surface area contributed by atoms with Gasteiger partial charge in [0.2, 0.25) is 0 Å². The van der Waals surface area contributed by atoms with Crippen molar-refractivity contribution in [3.63, 3.8) is 0 Å². The Morgan fingerprint density at radius 1 is 0.759 bits per heavy atom. The summed E-state index contributed by atoms with van der Waals surface area (Å²) in [5.41, 5.74) is 11.9. The number of hydrogen-bond acceptors (Lipinski definition) is 5. The van der Waals surface area contributed by atoms with E-state index in [0.29, 0.717) is 5.75 Å². The van der Waals surface area contributed by atoms with Crippen LogP contribution in [0.3, 0.4) is 0 Å². The van der Waals surface area contributed by atoms with E-state index in [1.165, 1.54) is 11.8 Å². The summed E-state index contributed by atoms with van der Waals surface area (Å²) in [4.78, 5) is 13.7. The summed E-state index contributed by atoms with van der Waals surface area (Å²) in [5.74, 6) is 0.685. The number of thioether (sulfide) groups is 1. The molecule has 5 nitrogen and oxygen atoms in total. The van der Waals surface area contributed by atoms with Crippen molar-refractivity contribution in [2.75, 3.05) is 0 Å². The van der Waals surface area contributed by atoms with Gasteiger partial charge in [-0.25, -0.2) is 4.98 Å². The molecule has 4 aromatic rings. The number of aromatic nitrogens is 3. The van der Waals surface area contributed by atoms with Crippen LogP contribution in [0.4, 0.5) is 0 Å². The van der Waals surface area contributed by atoms with E-state index in [1.54, 1.807) is 12.4 Å². The number of hydrogen-bond donors (Lipinski definition) is 2. The minimum absolute atomic E-state index is 0.128. The van der Waals surface area contributed by atoms with Gasteiger partial charge in [-0.05, 0) is 53.1 Å². The number of amidine groups is 1. The van der Waals surface area contributed by atoms with Crippen molar-refractivity contribution in [1.29, 1.82) is 5.41 Å². The summed E-state index contributed by atoms with van der Waals surface area (Å²) in [6, 6.07) is 24.0. The second kappa shape index (κ2) is 8.67. The molecule has 0 aliphatic rings. The number of benzene rings is 1. The Morgan fingerprint density at radius 3 is 1.83 bits per heavy atom. The lowest BCUT2D eigenvalue weighted by Gasteiger charge is -2.10. The molecule has 3 heterocycles. The Balaban J connectivity index is 1.75. The standard InChI is InChI=1S/C23H19N5S/c24-23(25)29-15-16-7-9-17(10-8-16)18-13-21(19-5-1-3-11-26-19)28-22(14-18)20-6-2-4-12-27-20/h1-14H,15H2,(H3,24,25). The highest BCUT2D eigenvalue weighted by Gasteiger charge is 2.10. The van der Waals surface area contributed by atoms with Crippen molar-refractivity contribution in [3.05, 3.63) is 90.8 Å². The Morgan fingerprint density at radius 2 is 1.34 bits per heavy atom. The molecule has 0 aliphatic carbocycles. The van der Waals surface area contributed by atoms with Crippen LogP contribution in [0, 0.1) is 5.41 Å². The smallest absolute Gasteiger partial charge is 0.151 e. The first-order chi connectivity index (χ1) is 14.2. The molecule has 142 valence electrons. The quantitative estimate of drug-likeness (QED) is 0.365. The molecule has 3 aromatic heterocycles. The number of nitrogens with two attached hydrogens (primary N) is 1. The molecule has 0 fully saturated rings. The largest absolute Gasteiger partial charge is 0.379 e. The van der Waals surface area contributed by atoms with Gasteiger partial charge in [-0.15, -0.1) is 0 Å². The molecule has 3 N–H and O–H groups in total. The maximum Gasteiger partial charge on any atom is 0.151 e. The zero-order valence-electron chi connectivity index (χ0n) is 15.6. The van der Waals surface area contributed by atoms with E-state index in [4.69, 9.17) is 16.1 Å². The Labute approximate surface area is 173 Å². The van der Waals surface area contributed by atoms with E-state index < -0.39 is 0 Å². The van der Waals surface area contributed by atoms with Crippen molar-refractivity contribution >= 4 is 16.9 Å². The van der Waals surface area contributed by atoms with E-state index in [1.807, 2.05) is 48.5 Å². The molecule has 0 aliphatic heterocycles. The molecular formula is C23H19N5S. The first-order valence-electron chi connectivity index (χ1n) is 9.10. The Hall–Kier alpha value is -3.51. The van der Waals surface area contributed by atoms with Gasteiger partial charge < -0.3 is 5.73 Å². The lowest BCUT2D eigenvalue weighted by molar-refractivity contribution is 1.22. The summed E-state index contributed by atoms with van der Waals surface area (Å²) in [6.45, 7) is 0. The highest BCUT2D eigenvalue weighted by molar-refractivity contribution is 8.13. The first kappa shape index (κ1) is 18.8. The van der Waals surface area contributed by atoms with Gasteiger partial charge >= 0.3 is 0 Å². The highest BCUT2D eigenvalue weighted by Crippen LogP contribution is 2.29. The summed E-state index contributed by atoms with van der Waals surface area (Å²) in [5, 5.41) is 7.48. The van der Waals surface area contributed by atoms with Crippen LogP contribution in [0.2, 0.25) is 0 Å². The topological polar surface area (TPSA) is 88.5 Å². The molecule has 1 aromatic carbocycles. The van der Waals surface area contributed by atoms with Gasteiger partial charge in [0.1, 0.15) is 0 Å². The second-order valence-corrected chi connectivity index (χ2v) is 7.42. The molecule has 0 saturated carbocycles. The van der Waals surface area contributed by atoms with E-state index in [0.717, 1.165) is 39.5 Å². The third kappa shape index (κ3) is 4.67. The predicted octanol–water partition coefficient (Wildman–Crippen LogP) is 5.00. The number of nitrogens with one attached hydrogen (secondary N) is 1. The molecule has 0 amide bonds. The summed E-state index contributed by atoms with van der Waals surface area (Å²) >= 11 is 1.32. The second-order valence-electron chi connectivity index (χ2n) is 6.41. The van der Waals surface area contributed by atoms with Crippen molar-refractivity contribution in [3.8, 4) is 33.9 Å². The van der Waals surface area contributed by atoms with Crippen molar-refractivity contribution in [2.45, 2.75) is 5.75 Å². The van der Waals surface area contributed by atoms with Gasteiger partial charge in [-0.2, -0.15) is 0 Å². The molecule has 0 bridgehead atoms. The van der Waals surface area contributed by atoms with Crippen molar-refractivity contribution in [2.24, 2.45) is 5.73 Å². The fraction of sp³-hybridized carbons (Fsp3) is 0.0435. The van der Waals surface area contributed by atoms with E-state index in [9.17, 15) is 0 Å². The minimum Gasteiger partial charge on any atom is -0.379 e. The van der Waals surface area contributed by atoms with Gasteiger partial charge in [-0.3, -0.25) is 15.4 Å². The third-order valence-corrected chi connectivity index (χ3v) is 5.15. The number of pyridine rings is 3. The first-order valence-corrected chi connectivity index (χ1v) is 10.1. The molecule has 0 atom stereocenters. The fourth-order valence-electron chi connectivity index (χ4n) is 2.94. The molecule has 0 spiro atoms. The monoisotopic (exact) mass is 397 g/mol.